The van der Waals surface area contributed by atoms with Crippen molar-refractivity contribution in [1.29, 1.82) is 5.41 Å². The molecule has 4 nitrogen and oxygen atoms in total. The van der Waals surface area contributed by atoms with Crippen LogP contribution in [0.1, 0.15) is 18.7 Å². The number of hydrogen-bond acceptors (Lipinski definition) is 4. The smallest absolute Gasteiger partial charge is 0.326 e. The maximum Gasteiger partial charge on any atom is 0.326 e. The maximum absolute atomic E-state index is 11.1. The number of carbonyl (C=O) groups excluding carboxylic acids is 1. The lowest BCUT2D eigenvalue weighted by Gasteiger charge is -2.01. The minimum atomic E-state index is -0.286. The van der Waals surface area contributed by atoms with Gasteiger partial charge in [0.1, 0.15) is 6.54 Å². The number of nitrogens with zero attached hydrogens (tertiary/aromatic N) is 1. The average molecular weight is 214 g/mol. The fourth-order valence-electron chi connectivity index (χ4n) is 1.07. The molecule has 0 bridgehead atoms. The second-order valence-electron chi connectivity index (χ2n) is 2.79. The summed E-state index contributed by atoms with van der Waals surface area (Å²) < 4.78 is 6.42. The van der Waals surface area contributed by atoms with Gasteiger partial charge in [0.25, 0.3) is 0 Å². The molecule has 14 heavy (non-hydrogen) atoms. The van der Waals surface area contributed by atoms with Crippen LogP contribution in [0.3, 0.4) is 0 Å². The largest absolute Gasteiger partial charge is 0.465 e. The lowest BCUT2D eigenvalue weighted by molar-refractivity contribution is -0.143. The summed E-state index contributed by atoms with van der Waals surface area (Å²) in [5.74, 6) is -0.286. The molecular weight excluding hydrogens is 200 g/mol. The van der Waals surface area contributed by atoms with Crippen molar-refractivity contribution in [1.82, 2.24) is 4.57 Å². The second-order valence-corrected chi connectivity index (χ2v) is 3.90. The Bertz CT molecular complexity index is 367. The Morgan fingerprint density at radius 1 is 1.64 bits per heavy atom. The molecule has 0 saturated carbocycles. The van der Waals surface area contributed by atoms with Crippen molar-refractivity contribution in [3.05, 3.63) is 15.9 Å². The molecule has 0 aliphatic carbocycles. The lowest BCUT2D eigenvalue weighted by atomic mass is 10.4. The molecule has 0 saturated heterocycles. The highest BCUT2D eigenvalue weighted by Crippen LogP contribution is 2.03. The Morgan fingerprint density at radius 2 is 2.36 bits per heavy atom. The zero-order valence-corrected chi connectivity index (χ0v) is 9.19. The molecule has 1 rings (SSSR count). The average Bonchev–Trinajstić information content (AvgIpc) is 2.48. The maximum atomic E-state index is 11.1. The van der Waals surface area contributed by atoms with Gasteiger partial charge in [0.15, 0.2) is 4.80 Å². The third-order valence-corrected chi connectivity index (χ3v) is 2.83. The number of rotatable bonds is 4. The van der Waals surface area contributed by atoms with Gasteiger partial charge in [-0.05, 0) is 13.3 Å². The van der Waals surface area contributed by atoms with E-state index in [0.717, 1.165) is 11.3 Å². The summed E-state index contributed by atoms with van der Waals surface area (Å²) in [5.41, 5.74) is 0. The molecule has 0 amide bonds. The van der Waals surface area contributed by atoms with Gasteiger partial charge in [-0.1, -0.05) is 6.92 Å². The van der Waals surface area contributed by atoms with Crippen molar-refractivity contribution in [2.45, 2.75) is 26.8 Å². The van der Waals surface area contributed by atoms with E-state index >= 15 is 0 Å². The number of esters is 1. The third kappa shape index (κ3) is 2.70. The summed E-state index contributed by atoms with van der Waals surface area (Å²) in [4.78, 5) is 12.6. The summed E-state index contributed by atoms with van der Waals surface area (Å²) in [6.45, 7) is 4.33. The van der Waals surface area contributed by atoms with E-state index in [1.165, 1.54) is 11.3 Å². The fraction of sp³-hybridized carbons (Fsp3) is 0.556. The standard InChI is InChI=1S/C9H14N2O2S/c1-3-7-5-11(9(10)14-7)6-8(12)13-4-2/h5,10H,3-4,6H2,1-2H3. The first-order valence-electron chi connectivity index (χ1n) is 4.56. The molecule has 0 radical (unpaired) electrons. The molecular formula is C9H14N2O2S. The lowest BCUT2D eigenvalue weighted by Crippen LogP contribution is -2.20. The second kappa shape index (κ2) is 4.95. The van der Waals surface area contributed by atoms with E-state index < -0.39 is 0 Å². The Balaban J connectivity index is 2.71. The van der Waals surface area contributed by atoms with Gasteiger partial charge in [-0.25, -0.2) is 0 Å². The minimum Gasteiger partial charge on any atom is -0.465 e. The monoisotopic (exact) mass is 214 g/mol. The highest BCUT2D eigenvalue weighted by Gasteiger charge is 2.05. The van der Waals surface area contributed by atoms with E-state index in [4.69, 9.17) is 10.1 Å². The van der Waals surface area contributed by atoms with E-state index in [9.17, 15) is 4.79 Å². The summed E-state index contributed by atoms with van der Waals surface area (Å²) in [5, 5.41) is 7.59. The summed E-state index contributed by atoms with van der Waals surface area (Å²) in [7, 11) is 0. The molecule has 0 spiro atoms. The minimum absolute atomic E-state index is 0.142. The molecule has 5 heteroatoms. The van der Waals surface area contributed by atoms with Crippen LogP contribution in [0.25, 0.3) is 0 Å². The zero-order chi connectivity index (χ0) is 10.6. The molecule has 1 aromatic heterocycles. The van der Waals surface area contributed by atoms with Gasteiger partial charge >= 0.3 is 5.97 Å². The van der Waals surface area contributed by atoms with Crippen LogP contribution in [0.2, 0.25) is 0 Å². The van der Waals surface area contributed by atoms with Crippen LogP contribution in [-0.2, 0) is 22.5 Å². The van der Waals surface area contributed by atoms with Gasteiger partial charge in [0.05, 0.1) is 6.61 Å². The number of thiazole rings is 1. The first-order valence-corrected chi connectivity index (χ1v) is 5.38. The van der Waals surface area contributed by atoms with Gasteiger partial charge in [-0.2, -0.15) is 0 Å². The quantitative estimate of drug-likeness (QED) is 0.764. The predicted octanol–water partition coefficient (Wildman–Crippen LogP) is 1.15. The molecule has 0 aliphatic heterocycles. The molecule has 0 fully saturated rings. The van der Waals surface area contributed by atoms with Crippen molar-refractivity contribution in [3.8, 4) is 0 Å². The van der Waals surface area contributed by atoms with E-state index in [-0.39, 0.29) is 12.5 Å². The molecule has 0 aliphatic rings. The number of aromatic nitrogens is 1. The number of aryl methyl sites for hydroxylation is 1. The van der Waals surface area contributed by atoms with Gasteiger partial charge in [0.2, 0.25) is 0 Å². The van der Waals surface area contributed by atoms with Crippen molar-refractivity contribution < 1.29 is 9.53 Å². The molecule has 1 N–H and O–H groups in total. The molecule has 78 valence electrons. The fourth-order valence-corrected chi connectivity index (χ4v) is 1.88. The Hall–Kier alpha value is -1.10. The van der Waals surface area contributed by atoms with Crippen molar-refractivity contribution in [2.24, 2.45) is 0 Å². The Kier molecular flexibility index (Phi) is 3.88. The summed E-state index contributed by atoms with van der Waals surface area (Å²) in [6.07, 6.45) is 2.73. The summed E-state index contributed by atoms with van der Waals surface area (Å²) in [6, 6.07) is 0. The van der Waals surface area contributed by atoms with E-state index in [1.54, 1.807) is 11.5 Å². The first kappa shape index (κ1) is 11.0. The predicted molar refractivity (Wildman–Crippen MR) is 54.2 cm³/mol. The number of ether oxygens (including phenoxy) is 1. The SMILES string of the molecule is CCOC(=O)Cn1cc(CC)sc1=N. The van der Waals surface area contributed by atoms with Gasteiger partial charge in [-0.3, -0.25) is 10.2 Å². The van der Waals surface area contributed by atoms with E-state index in [0.29, 0.717) is 11.4 Å². The first-order chi connectivity index (χ1) is 6.67. The Morgan fingerprint density at radius 3 is 2.86 bits per heavy atom. The van der Waals surface area contributed by atoms with E-state index in [1.807, 2.05) is 13.1 Å². The van der Waals surface area contributed by atoms with E-state index in [2.05, 4.69) is 0 Å². The number of carbonyl (C=O) groups is 1. The van der Waals surface area contributed by atoms with Gasteiger partial charge in [-0.15, -0.1) is 11.3 Å². The van der Waals surface area contributed by atoms with Crippen LogP contribution in [0.4, 0.5) is 0 Å². The molecule has 1 aromatic rings. The Labute approximate surface area is 86.7 Å². The van der Waals surface area contributed by atoms with Gasteiger partial charge < -0.3 is 9.30 Å². The van der Waals surface area contributed by atoms with Crippen molar-refractivity contribution in [3.63, 3.8) is 0 Å². The van der Waals surface area contributed by atoms with Gasteiger partial charge in [0, 0.05) is 11.1 Å². The van der Waals surface area contributed by atoms with Crippen LogP contribution >= 0.6 is 11.3 Å². The summed E-state index contributed by atoms with van der Waals surface area (Å²) >= 11 is 1.40. The van der Waals surface area contributed by atoms with Crippen LogP contribution in [0.15, 0.2) is 6.20 Å². The van der Waals surface area contributed by atoms with Crippen molar-refractivity contribution >= 4 is 17.3 Å². The van der Waals surface area contributed by atoms with Crippen molar-refractivity contribution in [2.75, 3.05) is 6.61 Å². The third-order valence-electron chi connectivity index (χ3n) is 1.74. The number of nitrogens with one attached hydrogen (secondary N) is 1. The highest BCUT2D eigenvalue weighted by atomic mass is 32.1. The zero-order valence-electron chi connectivity index (χ0n) is 8.37. The van der Waals surface area contributed by atoms with Crippen LogP contribution in [-0.4, -0.2) is 17.1 Å². The normalized spacial score (nSPS) is 10.1. The van der Waals surface area contributed by atoms with Crippen LogP contribution < -0.4 is 4.80 Å². The van der Waals surface area contributed by atoms with Crippen LogP contribution in [0.5, 0.6) is 0 Å². The molecule has 0 unspecified atom stereocenters. The van der Waals surface area contributed by atoms with Crippen LogP contribution in [0, 0.1) is 5.41 Å². The number of hydrogen-bond donors (Lipinski definition) is 1. The molecule has 1 heterocycles. The molecule has 0 atom stereocenters. The topological polar surface area (TPSA) is 55.1 Å². The highest BCUT2D eigenvalue weighted by molar-refractivity contribution is 7.09. The molecule has 0 aromatic carbocycles.